The first kappa shape index (κ1) is 10.3. The van der Waals surface area contributed by atoms with E-state index in [-0.39, 0.29) is 0 Å². The summed E-state index contributed by atoms with van der Waals surface area (Å²) in [6, 6.07) is 0.377. The van der Waals surface area contributed by atoms with E-state index in [0.717, 1.165) is 0 Å². The predicted octanol–water partition coefficient (Wildman–Crippen LogP) is 2.85. The quantitative estimate of drug-likeness (QED) is 0.599. The summed E-state index contributed by atoms with van der Waals surface area (Å²) in [5, 5.41) is 3.24. The lowest BCUT2D eigenvalue weighted by Crippen LogP contribution is -2.17. The predicted molar refractivity (Wildman–Crippen MR) is 51.5 cm³/mol. The highest BCUT2D eigenvalue weighted by atomic mass is 14.9. The van der Waals surface area contributed by atoms with Crippen LogP contribution in [-0.4, -0.2) is 6.04 Å². The zero-order valence-electron chi connectivity index (χ0n) is 7.85. The maximum Gasteiger partial charge on any atom is 0.0408 e. The second kappa shape index (κ2) is 6.02. The van der Waals surface area contributed by atoms with Crippen LogP contribution < -0.4 is 5.32 Å². The minimum absolute atomic E-state index is 0.377. The largest absolute Gasteiger partial charge is 0.385 e. The smallest absolute Gasteiger partial charge is 0.0408 e. The normalized spacial score (nSPS) is 14.3. The highest BCUT2D eigenvalue weighted by Crippen LogP contribution is 2.00. The molecule has 0 saturated carbocycles. The summed E-state index contributed by atoms with van der Waals surface area (Å²) in [6.45, 7) is 10.1. The molecule has 1 unspecified atom stereocenters. The maximum absolute atomic E-state index is 3.69. The fourth-order valence-electron chi connectivity index (χ4n) is 0.808. The molecule has 0 heterocycles. The zero-order chi connectivity index (χ0) is 8.69. The topological polar surface area (TPSA) is 12.0 Å². The first-order valence-corrected chi connectivity index (χ1v) is 4.25. The molecular formula is C10H19N. The van der Waals surface area contributed by atoms with Gasteiger partial charge in [0.05, 0.1) is 0 Å². The molecule has 0 bridgehead atoms. The van der Waals surface area contributed by atoms with Gasteiger partial charge in [0, 0.05) is 6.04 Å². The van der Waals surface area contributed by atoms with Gasteiger partial charge in [0.15, 0.2) is 0 Å². The van der Waals surface area contributed by atoms with Crippen molar-refractivity contribution >= 4 is 0 Å². The number of hydrogen-bond donors (Lipinski definition) is 1. The Morgan fingerprint density at radius 2 is 2.27 bits per heavy atom. The Labute approximate surface area is 70.2 Å². The van der Waals surface area contributed by atoms with Crippen LogP contribution >= 0.6 is 0 Å². The van der Waals surface area contributed by atoms with Crippen LogP contribution in [0, 0.1) is 0 Å². The second-order valence-electron chi connectivity index (χ2n) is 2.93. The van der Waals surface area contributed by atoms with Gasteiger partial charge in [0.1, 0.15) is 0 Å². The Kier molecular flexibility index (Phi) is 5.63. The summed E-state index contributed by atoms with van der Waals surface area (Å²) < 4.78 is 0. The average Bonchev–Trinajstić information content (AvgIpc) is 2.01. The SMILES string of the molecule is C=CC(C)N/C=C(/C)CCC. The van der Waals surface area contributed by atoms with Gasteiger partial charge in [-0.2, -0.15) is 0 Å². The molecule has 0 aromatic rings. The lowest BCUT2D eigenvalue weighted by molar-refractivity contribution is 0.755. The molecule has 1 nitrogen and oxygen atoms in total. The Morgan fingerprint density at radius 1 is 1.64 bits per heavy atom. The van der Waals surface area contributed by atoms with Gasteiger partial charge in [-0.1, -0.05) is 25.0 Å². The van der Waals surface area contributed by atoms with Crippen molar-refractivity contribution in [2.45, 2.75) is 39.7 Å². The first-order chi connectivity index (χ1) is 5.20. The minimum atomic E-state index is 0.377. The molecule has 0 saturated heterocycles. The van der Waals surface area contributed by atoms with E-state index in [1.165, 1.54) is 18.4 Å². The van der Waals surface area contributed by atoms with E-state index >= 15 is 0 Å². The molecule has 1 atom stereocenters. The van der Waals surface area contributed by atoms with Gasteiger partial charge >= 0.3 is 0 Å². The molecule has 1 N–H and O–H groups in total. The van der Waals surface area contributed by atoms with Gasteiger partial charge in [0.2, 0.25) is 0 Å². The van der Waals surface area contributed by atoms with Crippen molar-refractivity contribution in [2.75, 3.05) is 0 Å². The molecule has 0 fully saturated rings. The average molecular weight is 153 g/mol. The second-order valence-corrected chi connectivity index (χ2v) is 2.93. The third-order valence-corrected chi connectivity index (χ3v) is 1.59. The number of rotatable bonds is 5. The molecule has 0 aromatic heterocycles. The molecule has 0 spiro atoms. The summed E-state index contributed by atoms with van der Waals surface area (Å²) in [5.74, 6) is 0. The fourth-order valence-corrected chi connectivity index (χ4v) is 0.808. The summed E-state index contributed by atoms with van der Waals surface area (Å²) in [7, 11) is 0. The van der Waals surface area contributed by atoms with E-state index in [4.69, 9.17) is 0 Å². The molecule has 0 amide bonds. The van der Waals surface area contributed by atoms with Crippen LogP contribution in [0.15, 0.2) is 24.4 Å². The lowest BCUT2D eigenvalue weighted by Gasteiger charge is -2.06. The van der Waals surface area contributed by atoms with E-state index < -0.39 is 0 Å². The molecular weight excluding hydrogens is 134 g/mol. The standard InChI is InChI=1S/C10H19N/c1-5-7-9(3)8-11-10(4)6-2/h6,8,10-11H,2,5,7H2,1,3-4H3/b9-8-. The van der Waals surface area contributed by atoms with Crippen molar-refractivity contribution in [1.82, 2.24) is 5.32 Å². The van der Waals surface area contributed by atoms with Crippen molar-refractivity contribution in [1.29, 1.82) is 0 Å². The van der Waals surface area contributed by atoms with Gasteiger partial charge in [-0.3, -0.25) is 0 Å². The van der Waals surface area contributed by atoms with Crippen molar-refractivity contribution in [3.8, 4) is 0 Å². The molecule has 0 rings (SSSR count). The Bertz CT molecular complexity index is 136. The van der Waals surface area contributed by atoms with Crippen molar-refractivity contribution < 1.29 is 0 Å². The van der Waals surface area contributed by atoms with E-state index in [2.05, 4.69) is 38.9 Å². The van der Waals surface area contributed by atoms with E-state index in [9.17, 15) is 0 Å². The van der Waals surface area contributed by atoms with Crippen LogP contribution in [0.4, 0.5) is 0 Å². The molecule has 0 aliphatic heterocycles. The third kappa shape index (κ3) is 5.71. The molecule has 11 heavy (non-hydrogen) atoms. The Balaban J connectivity index is 3.62. The van der Waals surface area contributed by atoms with Crippen molar-refractivity contribution in [3.05, 3.63) is 24.4 Å². The van der Waals surface area contributed by atoms with Crippen LogP contribution in [0.25, 0.3) is 0 Å². The highest BCUT2D eigenvalue weighted by Gasteiger charge is 1.90. The maximum atomic E-state index is 3.69. The third-order valence-electron chi connectivity index (χ3n) is 1.59. The number of nitrogens with one attached hydrogen (secondary N) is 1. The van der Waals surface area contributed by atoms with Crippen molar-refractivity contribution in [3.63, 3.8) is 0 Å². The number of hydrogen-bond acceptors (Lipinski definition) is 1. The van der Waals surface area contributed by atoms with E-state index in [1.807, 2.05) is 6.08 Å². The summed E-state index contributed by atoms with van der Waals surface area (Å²) >= 11 is 0. The Hall–Kier alpha value is -0.720. The fraction of sp³-hybridized carbons (Fsp3) is 0.600. The Morgan fingerprint density at radius 3 is 2.73 bits per heavy atom. The molecule has 0 aliphatic rings. The monoisotopic (exact) mass is 153 g/mol. The van der Waals surface area contributed by atoms with Crippen LogP contribution in [0.5, 0.6) is 0 Å². The summed E-state index contributed by atoms with van der Waals surface area (Å²) in [4.78, 5) is 0. The lowest BCUT2D eigenvalue weighted by atomic mass is 10.2. The van der Waals surface area contributed by atoms with Crippen molar-refractivity contribution in [2.24, 2.45) is 0 Å². The van der Waals surface area contributed by atoms with E-state index in [0.29, 0.717) is 6.04 Å². The minimum Gasteiger partial charge on any atom is -0.385 e. The van der Waals surface area contributed by atoms with Gasteiger partial charge in [-0.25, -0.2) is 0 Å². The molecule has 0 radical (unpaired) electrons. The van der Waals surface area contributed by atoms with Crippen LogP contribution in [0.3, 0.4) is 0 Å². The molecule has 0 aromatic carbocycles. The van der Waals surface area contributed by atoms with E-state index in [1.54, 1.807) is 0 Å². The summed E-state index contributed by atoms with van der Waals surface area (Å²) in [6.07, 6.45) is 6.37. The van der Waals surface area contributed by atoms with Crippen LogP contribution in [0.1, 0.15) is 33.6 Å². The van der Waals surface area contributed by atoms with Crippen LogP contribution in [-0.2, 0) is 0 Å². The molecule has 64 valence electrons. The summed E-state index contributed by atoms with van der Waals surface area (Å²) in [5.41, 5.74) is 1.40. The van der Waals surface area contributed by atoms with Gasteiger partial charge in [-0.15, -0.1) is 6.58 Å². The van der Waals surface area contributed by atoms with Gasteiger partial charge < -0.3 is 5.32 Å². The highest BCUT2D eigenvalue weighted by molar-refractivity contribution is 4.98. The van der Waals surface area contributed by atoms with Gasteiger partial charge in [-0.05, 0) is 26.5 Å². The molecule has 1 heteroatoms. The number of allylic oxidation sites excluding steroid dienone is 1. The van der Waals surface area contributed by atoms with Gasteiger partial charge in [0.25, 0.3) is 0 Å². The van der Waals surface area contributed by atoms with Crippen LogP contribution in [0.2, 0.25) is 0 Å². The first-order valence-electron chi connectivity index (χ1n) is 4.25. The zero-order valence-corrected chi connectivity index (χ0v) is 7.85. The molecule has 0 aliphatic carbocycles.